The molecule has 112 valence electrons. The molecule has 20 heavy (non-hydrogen) atoms. The van der Waals surface area contributed by atoms with Gasteiger partial charge in [0, 0.05) is 24.7 Å². The van der Waals surface area contributed by atoms with Gasteiger partial charge in [-0.1, -0.05) is 6.07 Å². The Bertz CT molecular complexity index is 417. The van der Waals surface area contributed by atoms with Crippen molar-refractivity contribution in [1.29, 1.82) is 0 Å². The smallest absolute Gasteiger partial charge is 0.127 e. The molecular weight excluding hydrogens is 252 g/mol. The van der Waals surface area contributed by atoms with Crippen molar-refractivity contribution >= 4 is 0 Å². The maximum atomic E-state index is 5.46. The molecule has 1 atom stereocenters. The summed E-state index contributed by atoms with van der Waals surface area (Å²) in [4.78, 5) is 2.38. The summed E-state index contributed by atoms with van der Waals surface area (Å²) in [7, 11) is 5.57. The van der Waals surface area contributed by atoms with Crippen LogP contribution in [-0.4, -0.2) is 45.8 Å². The lowest BCUT2D eigenvalue weighted by Crippen LogP contribution is -2.36. The molecule has 0 amide bonds. The van der Waals surface area contributed by atoms with E-state index >= 15 is 0 Å². The first-order valence-electron chi connectivity index (χ1n) is 7.33. The first-order chi connectivity index (χ1) is 9.72. The van der Waals surface area contributed by atoms with E-state index in [4.69, 9.17) is 9.47 Å². The SMILES string of the molecule is COc1ccc(CN(C)CC2CCCNC2)c(OC)c1. The van der Waals surface area contributed by atoms with Crippen LogP contribution in [0.15, 0.2) is 18.2 Å². The van der Waals surface area contributed by atoms with Crippen LogP contribution < -0.4 is 14.8 Å². The largest absolute Gasteiger partial charge is 0.497 e. The summed E-state index contributed by atoms with van der Waals surface area (Å²) < 4.78 is 10.7. The second-order valence-electron chi connectivity index (χ2n) is 5.59. The average Bonchev–Trinajstić information content (AvgIpc) is 2.48. The molecule has 1 aromatic carbocycles. The van der Waals surface area contributed by atoms with E-state index in [1.165, 1.54) is 24.9 Å². The van der Waals surface area contributed by atoms with Gasteiger partial charge >= 0.3 is 0 Å². The summed E-state index contributed by atoms with van der Waals surface area (Å²) in [5.41, 5.74) is 1.21. The molecular formula is C16H26N2O2. The predicted molar refractivity (Wildman–Crippen MR) is 81.5 cm³/mol. The molecule has 1 heterocycles. The van der Waals surface area contributed by atoms with E-state index in [1.54, 1.807) is 14.2 Å². The summed E-state index contributed by atoms with van der Waals surface area (Å²) in [6.07, 6.45) is 2.63. The van der Waals surface area contributed by atoms with Gasteiger partial charge in [0.15, 0.2) is 0 Å². The van der Waals surface area contributed by atoms with Gasteiger partial charge in [-0.05, 0) is 45.0 Å². The third kappa shape index (κ3) is 4.12. The zero-order valence-corrected chi connectivity index (χ0v) is 12.8. The number of rotatable bonds is 6. The summed E-state index contributed by atoms with van der Waals surface area (Å²) in [6, 6.07) is 6.03. The second kappa shape index (κ2) is 7.50. The Morgan fingerprint density at radius 1 is 1.30 bits per heavy atom. The molecule has 1 unspecified atom stereocenters. The second-order valence-corrected chi connectivity index (χ2v) is 5.59. The zero-order valence-electron chi connectivity index (χ0n) is 12.8. The van der Waals surface area contributed by atoms with Crippen LogP contribution in [0.2, 0.25) is 0 Å². The topological polar surface area (TPSA) is 33.7 Å². The Kier molecular flexibility index (Phi) is 5.68. The van der Waals surface area contributed by atoms with Crippen LogP contribution in [0.25, 0.3) is 0 Å². The zero-order chi connectivity index (χ0) is 14.4. The summed E-state index contributed by atoms with van der Waals surface area (Å²) in [6.45, 7) is 4.35. The summed E-state index contributed by atoms with van der Waals surface area (Å²) in [5, 5.41) is 3.47. The molecule has 0 bridgehead atoms. The van der Waals surface area contributed by atoms with Crippen molar-refractivity contribution in [2.24, 2.45) is 5.92 Å². The molecule has 1 N–H and O–H groups in total. The van der Waals surface area contributed by atoms with Crippen molar-refractivity contribution in [1.82, 2.24) is 10.2 Å². The Hall–Kier alpha value is -1.26. The van der Waals surface area contributed by atoms with Crippen LogP contribution >= 0.6 is 0 Å². The average molecular weight is 278 g/mol. The lowest BCUT2D eigenvalue weighted by atomic mass is 9.99. The highest BCUT2D eigenvalue weighted by molar-refractivity contribution is 5.40. The van der Waals surface area contributed by atoms with E-state index in [-0.39, 0.29) is 0 Å². The van der Waals surface area contributed by atoms with Crippen molar-refractivity contribution in [2.45, 2.75) is 19.4 Å². The molecule has 4 nitrogen and oxygen atoms in total. The maximum Gasteiger partial charge on any atom is 0.127 e. The number of hydrogen-bond donors (Lipinski definition) is 1. The van der Waals surface area contributed by atoms with Crippen molar-refractivity contribution in [3.8, 4) is 11.5 Å². The van der Waals surface area contributed by atoms with E-state index in [9.17, 15) is 0 Å². The van der Waals surface area contributed by atoms with Gasteiger partial charge in [0.2, 0.25) is 0 Å². The highest BCUT2D eigenvalue weighted by atomic mass is 16.5. The molecule has 1 saturated heterocycles. The van der Waals surface area contributed by atoms with E-state index in [2.05, 4.69) is 23.3 Å². The van der Waals surface area contributed by atoms with Gasteiger partial charge in [0.1, 0.15) is 11.5 Å². The van der Waals surface area contributed by atoms with Gasteiger partial charge in [-0.15, -0.1) is 0 Å². The lowest BCUT2D eigenvalue weighted by molar-refractivity contribution is 0.235. The van der Waals surface area contributed by atoms with E-state index in [0.717, 1.165) is 37.1 Å². The van der Waals surface area contributed by atoms with Gasteiger partial charge in [-0.25, -0.2) is 0 Å². The van der Waals surface area contributed by atoms with Gasteiger partial charge in [0.05, 0.1) is 14.2 Å². The fraction of sp³-hybridized carbons (Fsp3) is 0.625. The minimum absolute atomic E-state index is 0.762. The quantitative estimate of drug-likeness (QED) is 0.864. The van der Waals surface area contributed by atoms with Gasteiger partial charge in [0.25, 0.3) is 0 Å². The minimum Gasteiger partial charge on any atom is -0.497 e. The summed E-state index contributed by atoms with van der Waals surface area (Å²) >= 11 is 0. The van der Waals surface area contributed by atoms with Crippen LogP contribution in [0.3, 0.4) is 0 Å². The lowest BCUT2D eigenvalue weighted by Gasteiger charge is -2.28. The molecule has 0 saturated carbocycles. The van der Waals surface area contributed by atoms with Gasteiger partial charge in [-0.3, -0.25) is 0 Å². The van der Waals surface area contributed by atoms with Crippen LogP contribution in [0.1, 0.15) is 18.4 Å². The Morgan fingerprint density at radius 3 is 2.80 bits per heavy atom. The highest BCUT2D eigenvalue weighted by Crippen LogP contribution is 2.25. The van der Waals surface area contributed by atoms with Gasteiger partial charge < -0.3 is 19.7 Å². The monoisotopic (exact) mass is 278 g/mol. The molecule has 2 rings (SSSR count). The molecule has 0 radical (unpaired) electrons. The number of hydrogen-bond acceptors (Lipinski definition) is 4. The number of benzene rings is 1. The minimum atomic E-state index is 0.762. The Morgan fingerprint density at radius 2 is 2.15 bits per heavy atom. The summed E-state index contributed by atoms with van der Waals surface area (Å²) in [5.74, 6) is 2.50. The molecule has 0 aliphatic carbocycles. The normalized spacial score (nSPS) is 19.1. The van der Waals surface area contributed by atoms with E-state index in [1.807, 2.05) is 12.1 Å². The van der Waals surface area contributed by atoms with Crippen molar-refractivity contribution in [2.75, 3.05) is 40.9 Å². The molecule has 4 heteroatoms. The number of nitrogens with zero attached hydrogens (tertiary/aromatic N) is 1. The van der Waals surface area contributed by atoms with Crippen LogP contribution in [-0.2, 0) is 6.54 Å². The number of piperidine rings is 1. The highest BCUT2D eigenvalue weighted by Gasteiger charge is 2.16. The van der Waals surface area contributed by atoms with Crippen LogP contribution in [0, 0.1) is 5.92 Å². The van der Waals surface area contributed by atoms with Crippen molar-refractivity contribution in [3.05, 3.63) is 23.8 Å². The number of ether oxygens (including phenoxy) is 2. The van der Waals surface area contributed by atoms with Crippen molar-refractivity contribution in [3.63, 3.8) is 0 Å². The third-order valence-electron chi connectivity index (χ3n) is 3.90. The molecule has 1 aliphatic rings. The molecule has 0 spiro atoms. The standard InChI is InChI=1S/C16H26N2O2/c1-18(11-13-5-4-8-17-10-13)12-14-6-7-15(19-2)9-16(14)20-3/h6-7,9,13,17H,4-5,8,10-12H2,1-3H3. The van der Waals surface area contributed by atoms with Crippen LogP contribution in [0.4, 0.5) is 0 Å². The Balaban J connectivity index is 1.94. The third-order valence-corrected chi connectivity index (χ3v) is 3.90. The molecule has 1 aromatic rings. The van der Waals surface area contributed by atoms with E-state index in [0.29, 0.717) is 0 Å². The molecule has 1 aliphatic heterocycles. The molecule has 0 aromatic heterocycles. The first-order valence-corrected chi connectivity index (χ1v) is 7.33. The maximum absolute atomic E-state index is 5.46. The molecule has 1 fully saturated rings. The first kappa shape index (κ1) is 15.1. The number of nitrogens with one attached hydrogen (secondary N) is 1. The van der Waals surface area contributed by atoms with E-state index < -0.39 is 0 Å². The fourth-order valence-electron chi connectivity index (χ4n) is 2.86. The number of methoxy groups -OCH3 is 2. The van der Waals surface area contributed by atoms with Crippen molar-refractivity contribution < 1.29 is 9.47 Å². The fourth-order valence-corrected chi connectivity index (χ4v) is 2.86. The van der Waals surface area contributed by atoms with Crippen LogP contribution in [0.5, 0.6) is 11.5 Å². The van der Waals surface area contributed by atoms with Gasteiger partial charge in [-0.2, -0.15) is 0 Å². The predicted octanol–water partition coefficient (Wildman–Crippen LogP) is 2.14. The Labute approximate surface area is 122 Å².